The molecule has 1 aliphatic carbocycles. The lowest BCUT2D eigenvalue weighted by atomic mass is 9.98. The first-order valence-electron chi connectivity index (χ1n) is 12.6. The van der Waals surface area contributed by atoms with E-state index in [-0.39, 0.29) is 29.4 Å². The van der Waals surface area contributed by atoms with Crippen molar-refractivity contribution >= 4 is 34.6 Å². The Bertz CT molecular complexity index is 1690. The van der Waals surface area contributed by atoms with Crippen LogP contribution in [-0.4, -0.2) is 57.0 Å². The van der Waals surface area contributed by atoms with Crippen molar-refractivity contribution in [2.75, 3.05) is 24.5 Å². The summed E-state index contributed by atoms with van der Waals surface area (Å²) in [5.74, 6) is -2.92. The van der Waals surface area contributed by atoms with Gasteiger partial charge in [0.25, 0.3) is 11.8 Å². The van der Waals surface area contributed by atoms with Crippen molar-refractivity contribution in [1.29, 1.82) is 5.26 Å². The van der Waals surface area contributed by atoms with E-state index in [4.69, 9.17) is 0 Å². The lowest BCUT2D eigenvalue weighted by molar-refractivity contribution is 0.0663. The van der Waals surface area contributed by atoms with Gasteiger partial charge in [-0.2, -0.15) is 5.26 Å². The summed E-state index contributed by atoms with van der Waals surface area (Å²) < 4.78 is 16.9. The van der Waals surface area contributed by atoms with Crippen molar-refractivity contribution in [2.24, 2.45) is 0 Å². The van der Waals surface area contributed by atoms with Crippen LogP contribution in [0.5, 0.6) is 0 Å². The molecule has 0 radical (unpaired) electrons. The number of carboxylic acids is 1. The molecule has 2 fully saturated rings. The molecule has 1 aromatic carbocycles. The van der Waals surface area contributed by atoms with Crippen molar-refractivity contribution in [3.8, 4) is 6.07 Å². The van der Waals surface area contributed by atoms with Crippen LogP contribution in [-0.2, 0) is 0 Å². The van der Waals surface area contributed by atoms with Crippen LogP contribution in [0.4, 0.5) is 10.2 Å². The molecule has 0 bridgehead atoms. The zero-order valence-electron chi connectivity index (χ0n) is 20.7. The number of hydrogen-bond acceptors (Lipinski definition) is 7. The number of benzene rings is 1. The Balaban J connectivity index is 1.26. The summed E-state index contributed by atoms with van der Waals surface area (Å²) in [6, 6.07) is 9.74. The van der Waals surface area contributed by atoms with Crippen molar-refractivity contribution < 1.29 is 23.9 Å². The zero-order chi connectivity index (χ0) is 27.4. The van der Waals surface area contributed by atoms with Gasteiger partial charge in [0, 0.05) is 30.9 Å². The highest BCUT2D eigenvalue weighted by Crippen LogP contribution is 2.37. The quantitative estimate of drug-likeness (QED) is 0.394. The van der Waals surface area contributed by atoms with E-state index < -0.39 is 34.6 Å². The number of aromatic carboxylic acids is 1. The third-order valence-corrected chi connectivity index (χ3v) is 7.53. The van der Waals surface area contributed by atoms with E-state index in [1.54, 1.807) is 33.7 Å². The number of hydrogen-bond donors (Lipinski definition) is 1. The summed E-state index contributed by atoms with van der Waals surface area (Å²) in [6.45, 7) is 0.540. The first kappa shape index (κ1) is 24.5. The van der Waals surface area contributed by atoms with E-state index in [9.17, 15) is 29.5 Å². The number of rotatable bonds is 5. The van der Waals surface area contributed by atoms with Crippen LogP contribution in [0.2, 0.25) is 0 Å². The number of nitrogens with zero attached hydrogens (tertiary/aromatic N) is 5. The molecule has 0 spiro atoms. The lowest BCUT2D eigenvalue weighted by Crippen LogP contribution is -2.35. The van der Waals surface area contributed by atoms with Gasteiger partial charge >= 0.3 is 5.97 Å². The molecule has 1 saturated heterocycles. The SMILES string of the molecule is N#CC(CN1C(=O)c2ccccc2C1=O)=C1CCN(c2nc3c(cc2F)c(=O)c(C(=O)O)cn3C2CC2)CC1. The number of carboxylic acid groups (broad SMARTS) is 1. The van der Waals surface area contributed by atoms with Crippen LogP contribution < -0.4 is 10.3 Å². The highest BCUT2D eigenvalue weighted by atomic mass is 19.1. The predicted molar refractivity (Wildman–Crippen MR) is 137 cm³/mol. The summed E-state index contributed by atoms with van der Waals surface area (Å²) in [5, 5.41) is 19.2. The maximum atomic E-state index is 15.2. The van der Waals surface area contributed by atoms with Crippen LogP contribution in [0.25, 0.3) is 11.0 Å². The number of aromatic nitrogens is 2. The third kappa shape index (κ3) is 4.05. The minimum Gasteiger partial charge on any atom is -0.477 e. The second-order valence-electron chi connectivity index (χ2n) is 9.90. The molecule has 6 rings (SSSR count). The van der Waals surface area contributed by atoms with Crippen molar-refractivity contribution in [2.45, 2.75) is 31.7 Å². The number of carbonyl (C=O) groups is 3. The highest BCUT2D eigenvalue weighted by Gasteiger charge is 2.36. The van der Waals surface area contributed by atoms with Crippen molar-refractivity contribution in [3.05, 3.63) is 80.4 Å². The number of anilines is 1. The summed E-state index contributed by atoms with van der Waals surface area (Å²) in [4.78, 5) is 57.1. The van der Waals surface area contributed by atoms with Gasteiger partial charge in [-0.05, 0) is 43.9 Å². The molecule has 0 atom stereocenters. The van der Waals surface area contributed by atoms with Gasteiger partial charge in [-0.25, -0.2) is 14.2 Å². The van der Waals surface area contributed by atoms with Crippen LogP contribution in [0.3, 0.4) is 0 Å². The fourth-order valence-electron chi connectivity index (χ4n) is 5.30. The first-order chi connectivity index (χ1) is 18.8. The second-order valence-corrected chi connectivity index (χ2v) is 9.90. The number of halogens is 1. The average Bonchev–Trinajstić information content (AvgIpc) is 3.75. The Morgan fingerprint density at radius 3 is 2.31 bits per heavy atom. The number of pyridine rings is 2. The predicted octanol–water partition coefficient (Wildman–Crippen LogP) is 3.29. The van der Waals surface area contributed by atoms with Gasteiger partial charge in [0.1, 0.15) is 11.2 Å². The maximum absolute atomic E-state index is 15.2. The highest BCUT2D eigenvalue weighted by molar-refractivity contribution is 6.21. The number of nitriles is 1. The molecular formula is C28H22FN5O5. The van der Waals surface area contributed by atoms with Gasteiger partial charge in [-0.15, -0.1) is 0 Å². The monoisotopic (exact) mass is 527 g/mol. The van der Waals surface area contributed by atoms with E-state index in [1.165, 1.54) is 6.20 Å². The van der Waals surface area contributed by atoms with Gasteiger partial charge in [-0.1, -0.05) is 17.7 Å². The van der Waals surface area contributed by atoms with Crippen LogP contribution >= 0.6 is 0 Å². The van der Waals surface area contributed by atoms with Crippen LogP contribution in [0.15, 0.2) is 52.5 Å². The van der Waals surface area contributed by atoms with Crippen molar-refractivity contribution in [1.82, 2.24) is 14.5 Å². The molecule has 1 saturated carbocycles. The fourth-order valence-corrected chi connectivity index (χ4v) is 5.30. The number of amides is 2. The van der Waals surface area contributed by atoms with Gasteiger partial charge in [0.15, 0.2) is 11.6 Å². The van der Waals surface area contributed by atoms with E-state index >= 15 is 4.39 Å². The van der Waals surface area contributed by atoms with Crippen LogP contribution in [0.1, 0.15) is 62.8 Å². The van der Waals surface area contributed by atoms with E-state index in [0.29, 0.717) is 42.6 Å². The van der Waals surface area contributed by atoms with E-state index in [0.717, 1.165) is 29.4 Å². The summed E-state index contributed by atoms with van der Waals surface area (Å²) >= 11 is 0. The smallest absolute Gasteiger partial charge is 0.341 e. The van der Waals surface area contributed by atoms with Crippen LogP contribution in [0, 0.1) is 17.1 Å². The molecular weight excluding hydrogens is 505 g/mol. The van der Waals surface area contributed by atoms with Gasteiger partial charge in [0.05, 0.1) is 29.1 Å². The Labute approximate surface area is 221 Å². The Kier molecular flexibility index (Phi) is 5.75. The molecule has 39 heavy (non-hydrogen) atoms. The fraction of sp³-hybridized carbons (Fsp3) is 0.286. The number of carbonyl (C=O) groups excluding carboxylic acids is 2. The normalized spacial score (nSPS) is 17.0. The largest absolute Gasteiger partial charge is 0.477 e. The summed E-state index contributed by atoms with van der Waals surface area (Å²) in [6.07, 6.45) is 3.71. The summed E-state index contributed by atoms with van der Waals surface area (Å²) in [7, 11) is 0. The van der Waals surface area contributed by atoms with Crippen molar-refractivity contribution in [3.63, 3.8) is 0 Å². The standard InChI is InChI=1S/C28H22FN5O5/c29-22-11-20-23(35)21(28(38)39)14-33(17-5-6-17)24(20)31-25(22)32-9-7-15(8-10-32)16(12-30)13-34-26(36)18-3-1-2-4-19(18)27(34)37/h1-4,11,14,17H,5-10,13H2,(H,38,39). The zero-order valence-corrected chi connectivity index (χ0v) is 20.7. The first-order valence-corrected chi connectivity index (χ1v) is 12.6. The van der Waals surface area contributed by atoms with Gasteiger partial charge in [-0.3, -0.25) is 19.3 Å². The molecule has 1 N–H and O–H groups in total. The molecule has 11 heteroatoms. The molecule has 2 aromatic heterocycles. The molecule has 2 amide bonds. The topological polar surface area (TPSA) is 137 Å². The third-order valence-electron chi connectivity index (χ3n) is 7.53. The van der Waals surface area contributed by atoms with E-state index in [1.807, 2.05) is 0 Å². The molecule has 10 nitrogen and oxygen atoms in total. The minimum atomic E-state index is -1.37. The Morgan fingerprint density at radius 1 is 1.10 bits per heavy atom. The Hall–Kier alpha value is -4.85. The second kappa shape index (κ2) is 9.16. The number of fused-ring (bicyclic) bond motifs is 2. The minimum absolute atomic E-state index is 0.00763. The molecule has 3 aliphatic rings. The maximum Gasteiger partial charge on any atom is 0.341 e. The number of piperidine rings is 1. The molecule has 0 unspecified atom stereocenters. The van der Waals surface area contributed by atoms with Gasteiger partial charge < -0.3 is 14.6 Å². The molecule has 4 heterocycles. The molecule has 196 valence electrons. The average molecular weight is 528 g/mol. The Morgan fingerprint density at radius 2 is 1.74 bits per heavy atom. The molecule has 2 aliphatic heterocycles. The van der Waals surface area contributed by atoms with Gasteiger partial charge in [0.2, 0.25) is 5.43 Å². The summed E-state index contributed by atoms with van der Waals surface area (Å²) in [5.41, 5.74) is 0.803. The van der Waals surface area contributed by atoms with E-state index in [2.05, 4.69) is 11.1 Å². The molecule has 3 aromatic rings. The number of imide groups is 1. The lowest BCUT2D eigenvalue weighted by Gasteiger charge is -2.31.